The van der Waals surface area contributed by atoms with Gasteiger partial charge in [0.2, 0.25) is 0 Å². The van der Waals surface area contributed by atoms with Gasteiger partial charge in [0.1, 0.15) is 5.58 Å². The van der Waals surface area contributed by atoms with Crippen molar-refractivity contribution in [2.45, 2.75) is 52.0 Å². The Morgan fingerprint density at radius 2 is 1.80 bits per heavy atom. The number of rotatable bonds is 9. The van der Waals surface area contributed by atoms with Crippen molar-refractivity contribution in [3.63, 3.8) is 0 Å². The van der Waals surface area contributed by atoms with E-state index in [0.717, 1.165) is 29.6 Å². The van der Waals surface area contributed by atoms with E-state index in [1.807, 2.05) is 18.2 Å². The predicted molar refractivity (Wildman–Crippen MR) is 86.3 cm³/mol. The highest BCUT2D eigenvalue weighted by molar-refractivity contribution is 6.30. The molecule has 2 rings (SSSR count). The molecule has 110 valence electrons. The van der Waals surface area contributed by atoms with Gasteiger partial charge in [-0.05, 0) is 30.6 Å². The zero-order valence-electron chi connectivity index (χ0n) is 12.3. The average Bonchev–Trinajstić information content (AvgIpc) is 2.78. The fraction of sp³-hybridized carbons (Fsp3) is 0.529. The topological polar surface area (TPSA) is 25.2 Å². The molecule has 1 aromatic carbocycles. The summed E-state index contributed by atoms with van der Waals surface area (Å²) in [7, 11) is 0. The minimum Gasteiger partial charge on any atom is -0.444 e. The molecular weight excluding hydrogens is 270 g/mol. The van der Waals surface area contributed by atoms with Crippen molar-refractivity contribution in [2.24, 2.45) is 0 Å². The van der Waals surface area contributed by atoms with Gasteiger partial charge in [-0.15, -0.1) is 0 Å². The summed E-state index contributed by atoms with van der Waals surface area (Å²) in [5.74, 6) is 0. The van der Waals surface area contributed by atoms with Crippen molar-refractivity contribution in [2.75, 3.05) is 6.54 Å². The van der Waals surface area contributed by atoms with Crippen molar-refractivity contribution in [1.82, 2.24) is 5.32 Å². The first-order valence-electron chi connectivity index (χ1n) is 7.69. The normalized spacial score (nSPS) is 11.3. The predicted octanol–water partition coefficient (Wildman–Crippen LogP) is 5.54. The van der Waals surface area contributed by atoms with Gasteiger partial charge in [-0.2, -0.15) is 0 Å². The summed E-state index contributed by atoms with van der Waals surface area (Å²) in [6.45, 7) is 4.08. The van der Waals surface area contributed by atoms with Crippen molar-refractivity contribution < 1.29 is 4.42 Å². The number of benzene rings is 1. The number of para-hydroxylation sites is 1. The molecule has 0 amide bonds. The summed E-state index contributed by atoms with van der Waals surface area (Å²) >= 11 is 6.16. The quantitative estimate of drug-likeness (QED) is 0.614. The molecule has 2 aromatic rings. The van der Waals surface area contributed by atoms with E-state index in [4.69, 9.17) is 16.0 Å². The highest BCUT2D eigenvalue weighted by Gasteiger charge is 2.10. The second kappa shape index (κ2) is 8.33. The van der Waals surface area contributed by atoms with E-state index in [2.05, 4.69) is 18.3 Å². The maximum absolute atomic E-state index is 6.16. The second-order valence-corrected chi connectivity index (χ2v) is 5.64. The first kappa shape index (κ1) is 15.4. The van der Waals surface area contributed by atoms with Crippen LogP contribution < -0.4 is 5.32 Å². The zero-order chi connectivity index (χ0) is 14.2. The van der Waals surface area contributed by atoms with Crippen LogP contribution in [0.3, 0.4) is 0 Å². The molecule has 0 unspecified atom stereocenters. The van der Waals surface area contributed by atoms with Crippen LogP contribution in [0.2, 0.25) is 5.22 Å². The lowest BCUT2D eigenvalue weighted by Gasteiger charge is -2.04. The van der Waals surface area contributed by atoms with Crippen LogP contribution >= 0.6 is 11.6 Å². The minimum absolute atomic E-state index is 0.515. The number of hydrogen-bond acceptors (Lipinski definition) is 2. The molecule has 0 aliphatic heterocycles. The largest absolute Gasteiger partial charge is 0.444 e. The molecule has 1 heterocycles. The number of unbranched alkanes of at least 4 members (excludes halogenated alkanes) is 5. The van der Waals surface area contributed by atoms with Gasteiger partial charge < -0.3 is 9.73 Å². The van der Waals surface area contributed by atoms with Gasteiger partial charge in [-0.25, -0.2) is 0 Å². The van der Waals surface area contributed by atoms with Crippen LogP contribution in [0.4, 0.5) is 0 Å². The van der Waals surface area contributed by atoms with Gasteiger partial charge in [0.05, 0.1) is 0 Å². The van der Waals surface area contributed by atoms with E-state index in [1.165, 1.54) is 38.5 Å². The summed E-state index contributed by atoms with van der Waals surface area (Å²) in [4.78, 5) is 0. The monoisotopic (exact) mass is 293 g/mol. The second-order valence-electron chi connectivity index (χ2n) is 5.30. The molecule has 0 radical (unpaired) electrons. The van der Waals surface area contributed by atoms with Gasteiger partial charge >= 0.3 is 0 Å². The molecule has 0 saturated carbocycles. The Morgan fingerprint density at radius 1 is 1.05 bits per heavy atom. The highest BCUT2D eigenvalue weighted by atomic mass is 35.5. The molecule has 0 spiro atoms. The Labute approximate surface area is 126 Å². The molecule has 0 aliphatic rings. The van der Waals surface area contributed by atoms with Crippen molar-refractivity contribution in [3.8, 4) is 0 Å². The number of hydrogen-bond donors (Lipinski definition) is 1. The summed E-state index contributed by atoms with van der Waals surface area (Å²) in [6.07, 6.45) is 7.94. The first-order chi connectivity index (χ1) is 9.83. The summed E-state index contributed by atoms with van der Waals surface area (Å²) in [5.41, 5.74) is 1.95. The van der Waals surface area contributed by atoms with Crippen molar-refractivity contribution in [1.29, 1.82) is 0 Å². The Bertz CT molecular complexity index is 521. The van der Waals surface area contributed by atoms with E-state index in [1.54, 1.807) is 0 Å². The zero-order valence-corrected chi connectivity index (χ0v) is 13.0. The summed E-state index contributed by atoms with van der Waals surface area (Å²) in [5, 5.41) is 5.10. The molecule has 3 heteroatoms. The van der Waals surface area contributed by atoms with Crippen LogP contribution in [0, 0.1) is 0 Å². The lowest BCUT2D eigenvalue weighted by molar-refractivity contribution is 0.567. The van der Waals surface area contributed by atoms with Crippen LogP contribution in [0.15, 0.2) is 28.7 Å². The van der Waals surface area contributed by atoms with Gasteiger partial charge in [0, 0.05) is 17.5 Å². The van der Waals surface area contributed by atoms with E-state index in [9.17, 15) is 0 Å². The van der Waals surface area contributed by atoms with Gasteiger partial charge in [0.25, 0.3) is 0 Å². The van der Waals surface area contributed by atoms with Crippen molar-refractivity contribution >= 4 is 22.6 Å². The van der Waals surface area contributed by atoms with Crippen LogP contribution in [-0.4, -0.2) is 6.54 Å². The first-order valence-corrected chi connectivity index (χ1v) is 8.07. The minimum atomic E-state index is 0.515. The van der Waals surface area contributed by atoms with Crippen LogP contribution in [0.1, 0.15) is 51.0 Å². The number of fused-ring (bicyclic) bond motifs is 1. The molecule has 0 bridgehead atoms. The molecule has 1 N–H and O–H groups in total. The van der Waals surface area contributed by atoms with E-state index >= 15 is 0 Å². The van der Waals surface area contributed by atoms with Gasteiger partial charge in [-0.1, -0.05) is 57.2 Å². The Hall–Kier alpha value is -0.990. The molecule has 0 atom stereocenters. The molecular formula is C17H24ClNO. The maximum atomic E-state index is 6.16. The third-order valence-corrected chi connectivity index (χ3v) is 3.96. The fourth-order valence-electron chi connectivity index (χ4n) is 2.48. The molecule has 20 heavy (non-hydrogen) atoms. The fourth-order valence-corrected chi connectivity index (χ4v) is 2.73. The summed E-state index contributed by atoms with van der Waals surface area (Å²) in [6, 6.07) is 8.01. The van der Waals surface area contributed by atoms with Gasteiger partial charge in [-0.3, -0.25) is 0 Å². The van der Waals surface area contributed by atoms with E-state index in [-0.39, 0.29) is 0 Å². The maximum Gasteiger partial charge on any atom is 0.199 e. The van der Waals surface area contributed by atoms with E-state index in [0.29, 0.717) is 5.22 Å². The number of furan rings is 1. The van der Waals surface area contributed by atoms with Gasteiger partial charge in [0.15, 0.2) is 5.22 Å². The Balaban J connectivity index is 1.72. The smallest absolute Gasteiger partial charge is 0.199 e. The number of nitrogens with one attached hydrogen (secondary N) is 1. The molecule has 1 aromatic heterocycles. The summed E-state index contributed by atoms with van der Waals surface area (Å²) < 4.78 is 5.55. The third-order valence-electron chi connectivity index (χ3n) is 3.66. The molecule has 0 aliphatic carbocycles. The third kappa shape index (κ3) is 4.26. The lowest BCUT2D eigenvalue weighted by Crippen LogP contribution is -2.14. The Kier molecular flexibility index (Phi) is 6.41. The van der Waals surface area contributed by atoms with Crippen LogP contribution in [0.25, 0.3) is 11.0 Å². The standard InChI is InChI=1S/C17H24ClNO/c1-2-3-4-5-6-9-12-19-13-15-14-10-7-8-11-16(14)20-17(15)18/h7-8,10-11,19H,2-6,9,12-13H2,1H3. The molecule has 2 nitrogen and oxygen atoms in total. The van der Waals surface area contributed by atoms with Crippen molar-refractivity contribution in [3.05, 3.63) is 35.0 Å². The highest BCUT2D eigenvalue weighted by Crippen LogP contribution is 2.29. The average molecular weight is 294 g/mol. The molecule has 0 saturated heterocycles. The van der Waals surface area contributed by atoms with E-state index < -0.39 is 0 Å². The number of halogens is 1. The lowest BCUT2D eigenvalue weighted by atomic mass is 10.1. The SMILES string of the molecule is CCCCCCCCNCc1c(Cl)oc2ccccc12. The van der Waals surface area contributed by atoms with Crippen LogP contribution in [0.5, 0.6) is 0 Å². The van der Waals surface area contributed by atoms with Crippen LogP contribution in [-0.2, 0) is 6.54 Å². The Morgan fingerprint density at radius 3 is 2.65 bits per heavy atom. The molecule has 0 fully saturated rings.